The van der Waals surface area contributed by atoms with E-state index in [-0.39, 0.29) is 5.82 Å². The molecule has 0 atom stereocenters. The first-order valence-corrected chi connectivity index (χ1v) is 7.47. The largest absolute Gasteiger partial charge is 0.309 e. The average Bonchev–Trinajstić information content (AvgIpc) is 3.05. The molecule has 3 rings (SSSR count). The summed E-state index contributed by atoms with van der Waals surface area (Å²) < 4.78 is 13.8. The lowest BCUT2D eigenvalue weighted by atomic mass is 10.2. The summed E-state index contributed by atoms with van der Waals surface area (Å²) in [6.07, 6.45) is 4.47. The predicted octanol–water partition coefficient (Wildman–Crippen LogP) is 3.96. The topological polar surface area (TPSA) is 24.9 Å². The summed E-state index contributed by atoms with van der Waals surface area (Å²) in [7, 11) is 0. The fraction of sp³-hybridized carbons (Fsp3) is 0.308. The van der Waals surface area contributed by atoms with Crippen LogP contribution in [0.25, 0.3) is 10.6 Å². The Morgan fingerprint density at radius 3 is 3.00 bits per heavy atom. The smallest absolute Gasteiger partial charge is 0.124 e. The van der Waals surface area contributed by atoms with Crippen LogP contribution in [0.1, 0.15) is 17.7 Å². The van der Waals surface area contributed by atoms with Gasteiger partial charge in [-0.2, -0.15) is 0 Å². The predicted molar refractivity (Wildman–Crippen MR) is 75.1 cm³/mol. The first kappa shape index (κ1) is 12.3. The molecule has 2 nitrogen and oxygen atoms in total. The van der Waals surface area contributed by atoms with Crippen LogP contribution in [0.2, 0.25) is 0 Å². The first-order valence-electron chi connectivity index (χ1n) is 5.86. The summed E-state index contributed by atoms with van der Waals surface area (Å²) in [5.41, 5.74) is 0.944. The fourth-order valence-electron chi connectivity index (χ4n) is 1.71. The molecule has 0 spiro atoms. The highest BCUT2D eigenvalue weighted by Gasteiger charge is 2.20. The lowest BCUT2D eigenvalue weighted by Gasteiger charge is -2.00. The van der Waals surface area contributed by atoms with Gasteiger partial charge in [0.05, 0.1) is 0 Å². The quantitative estimate of drug-likeness (QED) is 0.919. The van der Waals surface area contributed by atoms with Gasteiger partial charge in [-0.1, -0.05) is 0 Å². The highest BCUT2D eigenvalue weighted by molar-refractivity contribution is 9.10. The summed E-state index contributed by atoms with van der Waals surface area (Å²) in [5.74, 6) is -0.238. The second-order valence-corrected chi connectivity index (χ2v) is 6.38. The van der Waals surface area contributed by atoms with Crippen LogP contribution >= 0.6 is 27.3 Å². The van der Waals surface area contributed by atoms with Crippen LogP contribution in [0.4, 0.5) is 4.39 Å². The van der Waals surface area contributed by atoms with Gasteiger partial charge in [-0.25, -0.2) is 9.37 Å². The van der Waals surface area contributed by atoms with E-state index in [1.807, 2.05) is 6.20 Å². The van der Waals surface area contributed by atoms with Crippen molar-refractivity contribution in [2.45, 2.75) is 25.4 Å². The zero-order valence-electron chi connectivity index (χ0n) is 9.62. The highest BCUT2D eigenvalue weighted by Crippen LogP contribution is 2.32. The van der Waals surface area contributed by atoms with Crippen molar-refractivity contribution in [3.8, 4) is 10.6 Å². The number of nitrogens with zero attached hydrogens (tertiary/aromatic N) is 1. The van der Waals surface area contributed by atoms with Crippen molar-refractivity contribution < 1.29 is 4.39 Å². The van der Waals surface area contributed by atoms with Crippen molar-refractivity contribution in [2.24, 2.45) is 0 Å². The summed E-state index contributed by atoms with van der Waals surface area (Å²) in [6, 6.07) is 5.40. The van der Waals surface area contributed by atoms with Crippen molar-refractivity contribution in [3.05, 3.63) is 39.6 Å². The molecule has 0 unspecified atom stereocenters. The van der Waals surface area contributed by atoms with E-state index in [4.69, 9.17) is 0 Å². The molecule has 0 saturated heterocycles. The molecule has 1 saturated carbocycles. The number of hydrogen-bond donors (Lipinski definition) is 1. The molecule has 0 amide bonds. The van der Waals surface area contributed by atoms with Crippen LogP contribution in [0.5, 0.6) is 0 Å². The van der Waals surface area contributed by atoms with Gasteiger partial charge in [0.25, 0.3) is 0 Å². The van der Waals surface area contributed by atoms with Crippen LogP contribution in [0.3, 0.4) is 0 Å². The maximum Gasteiger partial charge on any atom is 0.124 e. The molecule has 1 aromatic heterocycles. The third-order valence-corrected chi connectivity index (χ3v) is 4.54. The molecule has 1 aliphatic rings. The minimum Gasteiger partial charge on any atom is -0.309 e. The Hall–Kier alpha value is -0.780. The van der Waals surface area contributed by atoms with Gasteiger partial charge in [0.15, 0.2) is 0 Å². The SMILES string of the molecule is Fc1ccc(-c2ncc(CNC3CC3)s2)c(Br)c1. The standard InChI is InChI=1S/C13H12BrFN2S/c14-12-5-8(15)1-4-11(12)13-17-7-10(18-13)6-16-9-2-3-9/h1,4-5,7,9,16H,2-3,6H2. The number of rotatable bonds is 4. The Labute approximate surface area is 117 Å². The maximum absolute atomic E-state index is 13.0. The van der Waals surface area contributed by atoms with E-state index in [0.29, 0.717) is 6.04 Å². The third kappa shape index (κ3) is 2.79. The van der Waals surface area contributed by atoms with E-state index >= 15 is 0 Å². The van der Waals surface area contributed by atoms with Gasteiger partial charge in [0, 0.05) is 33.7 Å². The summed E-state index contributed by atoms with van der Waals surface area (Å²) in [4.78, 5) is 5.62. The number of nitrogens with one attached hydrogen (secondary N) is 1. The van der Waals surface area contributed by atoms with Gasteiger partial charge in [0.2, 0.25) is 0 Å². The Bertz CT molecular complexity index is 566. The minimum absolute atomic E-state index is 0.238. The van der Waals surface area contributed by atoms with Crippen LogP contribution < -0.4 is 5.32 Å². The van der Waals surface area contributed by atoms with E-state index in [1.54, 1.807) is 17.4 Å². The Morgan fingerprint density at radius 2 is 2.28 bits per heavy atom. The van der Waals surface area contributed by atoms with E-state index in [2.05, 4.69) is 26.2 Å². The van der Waals surface area contributed by atoms with Gasteiger partial charge in [-0.05, 0) is 47.0 Å². The van der Waals surface area contributed by atoms with Gasteiger partial charge in [-0.3, -0.25) is 0 Å². The number of benzene rings is 1. The summed E-state index contributed by atoms with van der Waals surface area (Å²) >= 11 is 5.03. The van der Waals surface area contributed by atoms with Crippen molar-refractivity contribution in [1.29, 1.82) is 0 Å². The summed E-state index contributed by atoms with van der Waals surface area (Å²) in [5, 5.41) is 4.39. The lowest BCUT2D eigenvalue weighted by Crippen LogP contribution is -2.14. The second kappa shape index (κ2) is 5.07. The molecule has 1 heterocycles. The highest BCUT2D eigenvalue weighted by atomic mass is 79.9. The molecular formula is C13H12BrFN2S. The van der Waals surface area contributed by atoms with Gasteiger partial charge in [-0.15, -0.1) is 11.3 Å². The van der Waals surface area contributed by atoms with Gasteiger partial charge < -0.3 is 5.32 Å². The van der Waals surface area contributed by atoms with Crippen molar-refractivity contribution in [3.63, 3.8) is 0 Å². The zero-order valence-corrected chi connectivity index (χ0v) is 12.0. The molecule has 5 heteroatoms. The van der Waals surface area contributed by atoms with Crippen molar-refractivity contribution in [1.82, 2.24) is 10.3 Å². The molecule has 2 aromatic rings. The summed E-state index contributed by atoms with van der Waals surface area (Å²) in [6.45, 7) is 0.876. The lowest BCUT2D eigenvalue weighted by molar-refractivity contribution is 0.627. The molecule has 0 bridgehead atoms. The molecule has 18 heavy (non-hydrogen) atoms. The van der Waals surface area contributed by atoms with Gasteiger partial charge >= 0.3 is 0 Å². The first-order chi connectivity index (χ1) is 8.72. The Balaban J connectivity index is 1.78. The number of halogens is 2. The Morgan fingerprint density at radius 1 is 1.44 bits per heavy atom. The van der Waals surface area contributed by atoms with Crippen molar-refractivity contribution in [2.75, 3.05) is 0 Å². The zero-order chi connectivity index (χ0) is 12.5. The number of aromatic nitrogens is 1. The average molecular weight is 327 g/mol. The third-order valence-electron chi connectivity index (χ3n) is 2.86. The van der Waals surface area contributed by atoms with E-state index in [0.717, 1.165) is 21.6 Å². The van der Waals surface area contributed by atoms with Crippen LogP contribution in [0.15, 0.2) is 28.9 Å². The van der Waals surface area contributed by atoms with Crippen LogP contribution in [0, 0.1) is 5.82 Å². The molecule has 94 valence electrons. The molecule has 1 fully saturated rings. The molecule has 0 aliphatic heterocycles. The van der Waals surface area contributed by atoms with Crippen LogP contribution in [-0.4, -0.2) is 11.0 Å². The maximum atomic E-state index is 13.0. The number of thiazole rings is 1. The van der Waals surface area contributed by atoms with Crippen LogP contribution in [-0.2, 0) is 6.54 Å². The van der Waals surface area contributed by atoms with E-state index in [1.165, 1.54) is 29.9 Å². The normalized spacial score (nSPS) is 15.0. The van der Waals surface area contributed by atoms with E-state index < -0.39 is 0 Å². The minimum atomic E-state index is -0.238. The van der Waals surface area contributed by atoms with Crippen molar-refractivity contribution >= 4 is 27.3 Å². The molecule has 0 radical (unpaired) electrons. The van der Waals surface area contributed by atoms with E-state index in [9.17, 15) is 4.39 Å². The number of hydrogen-bond acceptors (Lipinski definition) is 3. The molecule has 1 N–H and O–H groups in total. The molecule has 1 aliphatic carbocycles. The fourth-order valence-corrected chi connectivity index (χ4v) is 3.28. The Kier molecular flexibility index (Phi) is 3.46. The van der Waals surface area contributed by atoms with Gasteiger partial charge in [0.1, 0.15) is 10.8 Å². The molecule has 1 aromatic carbocycles. The molecular weight excluding hydrogens is 315 g/mol. The monoisotopic (exact) mass is 326 g/mol. The second-order valence-electron chi connectivity index (χ2n) is 4.41.